The van der Waals surface area contributed by atoms with Crippen LogP contribution in [0.5, 0.6) is 5.75 Å². The van der Waals surface area contributed by atoms with E-state index in [1.165, 1.54) is 18.2 Å². The Kier molecular flexibility index (Phi) is 7.17. The number of guanidine groups is 1. The summed E-state index contributed by atoms with van der Waals surface area (Å²) >= 11 is 0. The number of aliphatic imine (C=N–C) groups is 1. The number of anilines is 1. The Labute approximate surface area is 173 Å². The van der Waals surface area contributed by atoms with E-state index in [1.54, 1.807) is 6.07 Å². The molecule has 0 bridgehead atoms. The zero-order valence-electron chi connectivity index (χ0n) is 16.4. The van der Waals surface area contributed by atoms with Gasteiger partial charge < -0.3 is 20.9 Å². The van der Waals surface area contributed by atoms with E-state index in [0.29, 0.717) is 0 Å². The van der Waals surface area contributed by atoms with Crippen LogP contribution in [0.15, 0.2) is 53.5 Å². The number of para-hydroxylation sites is 2. The van der Waals surface area contributed by atoms with Crippen molar-refractivity contribution in [1.29, 1.82) is 0 Å². The standard InChI is InChI=1S/C21H25F3N4O2/c22-21(23,24)30-19-8-4-3-7-18(19)27-20(25)26-13-15-5-1-2-6-16(15)14-28-11-9-17(29)10-12-28/h1-8,17,29H,9-14H2,(H3,25,26,27). The number of halogens is 3. The number of hydrogen-bond donors (Lipinski definition) is 3. The summed E-state index contributed by atoms with van der Waals surface area (Å²) in [5, 5.41) is 12.3. The third-order valence-corrected chi connectivity index (χ3v) is 4.86. The van der Waals surface area contributed by atoms with Crippen molar-refractivity contribution in [2.75, 3.05) is 18.4 Å². The third kappa shape index (κ3) is 6.64. The van der Waals surface area contributed by atoms with Gasteiger partial charge in [0.05, 0.1) is 18.3 Å². The van der Waals surface area contributed by atoms with E-state index >= 15 is 0 Å². The van der Waals surface area contributed by atoms with Crippen molar-refractivity contribution in [2.24, 2.45) is 10.7 Å². The van der Waals surface area contributed by atoms with Crippen molar-refractivity contribution >= 4 is 11.6 Å². The first-order valence-electron chi connectivity index (χ1n) is 9.69. The van der Waals surface area contributed by atoms with Crippen molar-refractivity contribution < 1.29 is 23.0 Å². The molecular weight excluding hydrogens is 397 g/mol. The van der Waals surface area contributed by atoms with Gasteiger partial charge in [0, 0.05) is 19.6 Å². The molecule has 162 valence electrons. The molecule has 0 spiro atoms. The Morgan fingerprint density at radius 2 is 1.73 bits per heavy atom. The highest BCUT2D eigenvalue weighted by Crippen LogP contribution is 2.29. The maximum Gasteiger partial charge on any atom is 0.573 e. The second-order valence-corrected chi connectivity index (χ2v) is 7.15. The zero-order valence-corrected chi connectivity index (χ0v) is 16.4. The second kappa shape index (κ2) is 9.82. The fraction of sp³-hybridized carbons (Fsp3) is 0.381. The molecule has 0 aliphatic carbocycles. The Morgan fingerprint density at radius 3 is 2.43 bits per heavy atom. The molecule has 30 heavy (non-hydrogen) atoms. The minimum atomic E-state index is -4.80. The Bertz CT molecular complexity index is 865. The van der Waals surface area contributed by atoms with Crippen LogP contribution in [0.2, 0.25) is 0 Å². The topological polar surface area (TPSA) is 83.1 Å². The number of rotatable bonds is 6. The van der Waals surface area contributed by atoms with Gasteiger partial charge in [-0.15, -0.1) is 13.2 Å². The van der Waals surface area contributed by atoms with E-state index in [-0.39, 0.29) is 30.0 Å². The van der Waals surface area contributed by atoms with Crippen LogP contribution in [0, 0.1) is 0 Å². The van der Waals surface area contributed by atoms with E-state index in [2.05, 4.69) is 19.9 Å². The number of nitrogens with zero attached hydrogens (tertiary/aromatic N) is 2. The van der Waals surface area contributed by atoms with Crippen LogP contribution in [0.4, 0.5) is 18.9 Å². The van der Waals surface area contributed by atoms with E-state index in [9.17, 15) is 18.3 Å². The van der Waals surface area contributed by atoms with Crippen molar-refractivity contribution in [2.45, 2.75) is 38.4 Å². The number of hydrogen-bond acceptors (Lipinski definition) is 4. The fourth-order valence-corrected chi connectivity index (χ4v) is 3.32. The average Bonchev–Trinajstić information content (AvgIpc) is 2.69. The molecule has 3 rings (SSSR count). The third-order valence-electron chi connectivity index (χ3n) is 4.86. The Balaban J connectivity index is 1.65. The molecule has 9 heteroatoms. The van der Waals surface area contributed by atoms with Gasteiger partial charge in [-0.05, 0) is 36.1 Å². The summed E-state index contributed by atoms with van der Waals surface area (Å²) in [6.45, 7) is 2.69. The van der Waals surface area contributed by atoms with Gasteiger partial charge in [-0.25, -0.2) is 4.99 Å². The average molecular weight is 422 g/mol. The number of alkyl halides is 3. The minimum Gasteiger partial charge on any atom is -0.404 e. The van der Waals surface area contributed by atoms with E-state index < -0.39 is 6.36 Å². The van der Waals surface area contributed by atoms with Gasteiger partial charge >= 0.3 is 6.36 Å². The first-order valence-corrected chi connectivity index (χ1v) is 9.69. The van der Waals surface area contributed by atoms with Crippen molar-refractivity contribution in [3.05, 3.63) is 59.7 Å². The van der Waals surface area contributed by atoms with Crippen molar-refractivity contribution in [1.82, 2.24) is 4.90 Å². The molecule has 1 aliphatic heterocycles. The smallest absolute Gasteiger partial charge is 0.404 e. The summed E-state index contributed by atoms with van der Waals surface area (Å²) in [6.07, 6.45) is -3.50. The maximum atomic E-state index is 12.6. The predicted molar refractivity (Wildman–Crippen MR) is 109 cm³/mol. The SMILES string of the molecule is NC(=NCc1ccccc1CN1CCC(O)CC1)Nc1ccccc1OC(F)(F)F. The first-order chi connectivity index (χ1) is 14.3. The van der Waals surface area contributed by atoms with Crippen LogP contribution in [-0.2, 0) is 13.1 Å². The molecule has 1 fully saturated rings. The van der Waals surface area contributed by atoms with Crippen molar-refractivity contribution in [3.8, 4) is 5.75 Å². The lowest BCUT2D eigenvalue weighted by Crippen LogP contribution is -2.35. The number of aliphatic hydroxyl groups excluding tert-OH is 1. The van der Waals surface area contributed by atoms with Crippen molar-refractivity contribution in [3.63, 3.8) is 0 Å². The van der Waals surface area contributed by atoms with Gasteiger partial charge in [0.1, 0.15) is 0 Å². The number of piperidine rings is 1. The highest BCUT2D eigenvalue weighted by Gasteiger charge is 2.32. The summed E-state index contributed by atoms with van der Waals surface area (Å²) in [7, 11) is 0. The highest BCUT2D eigenvalue weighted by molar-refractivity contribution is 5.93. The fourth-order valence-electron chi connectivity index (χ4n) is 3.32. The summed E-state index contributed by atoms with van der Waals surface area (Å²) in [4.78, 5) is 6.56. The molecule has 2 aromatic rings. The lowest BCUT2D eigenvalue weighted by Gasteiger charge is -2.30. The number of benzene rings is 2. The molecule has 6 nitrogen and oxygen atoms in total. The summed E-state index contributed by atoms with van der Waals surface area (Å²) in [5.41, 5.74) is 8.06. The van der Waals surface area contributed by atoms with Gasteiger partial charge in [0.25, 0.3) is 0 Å². The number of aliphatic hydroxyl groups is 1. The van der Waals surface area contributed by atoms with Gasteiger partial charge in [0.2, 0.25) is 0 Å². The van der Waals surface area contributed by atoms with E-state index in [1.807, 2.05) is 24.3 Å². The van der Waals surface area contributed by atoms with E-state index in [4.69, 9.17) is 5.73 Å². The number of nitrogens with one attached hydrogen (secondary N) is 1. The van der Waals surface area contributed by atoms with Crippen LogP contribution < -0.4 is 15.8 Å². The van der Waals surface area contributed by atoms with Gasteiger partial charge in [-0.3, -0.25) is 4.90 Å². The van der Waals surface area contributed by atoms with Crippen LogP contribution in [0.25, 0.3) is 0 Å². The first kappa shape index (κ1) is 21.9. The zero-order chi connectivity index (χ0) is 21.6. The molecule has 0 atom stereocenters. The second-order valence-electron chi connectivity index (χ2n) is 7.15. The summed E-state index contributed by atoms with van der Waals surface area (Å²) in [5.74, 6) is -0.389. The monoisotopic (exact) mass is 422 g/mol. The molecule has 0 aromatic heterocycles. The van der Waals surface area contributed by atoms with Crippen LogP contribution in [0.1, 0.15) is 24.0 Å². The quantitative estimate of drug-likeness (QED) is 0.491. The molecular formula is C21H25F3N4O2. The molecule has 2 aromatic carbocycles. The molecule has 1 aliphatic rings. The molecule has 4 N–H and O–H groups in total. The van der Waals surface area contributed by atoms with Gasteiger partial charge in [-0.1, -0.05) is 36.4 Å². The molecule has 1 heterocycles. The van der Waals surface area contributed by atoms with Gasteiger partial charge in [-0.2, -0.15) is 0 Å². The number of nitrogens with two attached hydrogens (primary N) is 1. The van der Waals surface area contributed by atoms with E-state index in [0.717, 1.165) is 43.6 Å². The number of ether oxygens (including phenoxy) is 1. The molecule has 0 saturated carbocycles. The van der Waals surface area contributed by atoms with Gasteiger partial charge in [0.15, 0.2) is 11.7 Å². The summed E-state index contributed by atoms with van der Waals surface area (Å²) < 4.78 is 41.7. The molecule has 0 radical (unpaired) electrons. The molecule has 1 saturated heterocycles. The normalized spacial score (nSPS) is 16.5. The Hall–Kier alpha value is -2.78. The lowest BCUT2D eigenvalue weighted by molar-refractivity contribution is -0.274. The lowest BCUT2D eigenvalue weighted by atomic mass is 10.0. The highest BCUT2D eigenvalue weighted by atomic mass is 19.4. The Morgan fingerprint density at radius 1 is 1.10 bits per heavy atom. The largest absolute Gasteiger partial charge is 0.573 e. The summed E-state index contributed by atoms with van der Waals surface area (Å²) in [6, 6.07) is 13.5. The predicted octanol–water partition coefficient (Wildman–Crippen LogP) is 3.47. The van der Waals surface area contributed by atoms with Crippen LogP contribution in [-0.4, -0.2) is 41.5 Å². The molecule has 0 unspecified atom stereocenters. The maximum absolute atomic E-state index is 12.6. The number of likely N-dealkylation sites (tertiary alicyclic amines) is 1. The molecule has 0 amide bonds. The van der Waals surface area contributed by atoms with Crippen LogP contribution in [0.3, 0.4) is 0 Å². The minimum absolute atomic E-state index is 0.0101. The van der Waals surface area contributed by atoms with Crippen LogP contribution >= 0.6 is 0 Å².